The fourth-order valence-corrected chi connectivity index (χ4v) is 12.7. The molecule has 47 heavy (non-hydrogen) atoms. The Balaban J connectivity index is 1.35. The summed E-state index contributed by atoms with van der Waals surface area (Å²) in [4.78, 5) is 12.3. The van der Waals surface area contributed by atoms with Gasteiger partial charge in [0.05, 0.1) is 32.7 Å². The van der Waals surface area contributed by atoms with Crippen molar-refractivity contribution in [1.29, 1.82) is 0 Å². The summed E-state index contributed by atoms with van der Waals surface area (Å²) in [7, 11) is -2.29. The van der Waals surface area contributed by atoms with Crippen LogP contribution in [-0.2, 0) is 50.8 Å². The molecule has 0 aliphatic carbocycles. The minimum Gasteiger partial charge on any atom is -0.493 e. The fourth-order valence-electron chi connectivity index (χ4n) is 7.25. The molecule has 1 N–H and O–H groups in total. The first-order valence-electron chi connectivity index (χ1n) is 16.7. The summed E-state index contributed by atoms with van der Waals surface area (Å²) in [5.41, 5.74) is 3.05. The molecule has 0 amide bonds. The smallest absolute Gasteiger partial charge is 0.493 e. The van der Waals surface area contributed by atoms with Crippen LogP contribution in [0.15, 0.2) is 73.0 Å². The van der Waals surface area contributed by atoms with Crippen molar-refractivity contribution in [3.05, 3.63) is 84.1 Å². The molecule has 3 aliphatic heterocycles. The van der Waals surface area contributed by atoms with Gasteiger partial charge in [0.25, 0.3) is 0 Å². The predicted molar refractivity (Wildman–Crippen MR) is 177 cm³/mol. The van der Waals surface area contributed by atoms with Crippen molar-refractivity contribution in [3.8, 4) is 0 Å². The Morgan fingerprint density at radius 3 is 2.00 bits per heavy atom. The van der Waals surface area contributed by atoms with Crippen LogP contribution < -0.4 is 0 Å². The molecule has 2 aromatic carbocycles. The van der Waals surface area contributed by atoms with E-state index in [0.717, 1.165) is 11.1 Å². The number of hydrogen-bond donors (Lipinski definition) is 1. The molecule has 10 nitrogen and oxygen atoms in total. The van der Waals surface area contributed by atoms with Gasteiger partial charge in [-0.25, -0.2) is 4.79 Å². The molecular weight excluding hydrogens is 620 g/mol. The number of aliphatic hydroxyl groups is 1. The van der Waals surface area contributed by atoms with E-state index in [4.69, 9.17) is 37.6 Å². The number of aliphatic hydroxyl groups excluding tert-OH is 1. The first-order chi connectivity index (χ1) is 22.6. The van der Waals surface area contributed by atoms with Gasteiger partial charge in [-0.1, -0.05) is 102 Å². The SMILES string of the molecule is CC(C)[Si](OC[C@H]1O[C@@H](O[C@H]2[C@@H](OCc3ccccc3)C=CO[C@@H]2COCc2ccccc2)[C@H](O)[C@H]2OC(=O)O[C@H]21)(C(C)C)C(C)C. The van der Waals surface area contributed by atoms with Crippen LogP contribution in [0.25, 0.3) is 0 Å². The van der Waals surface area contributed by atoms with Crippen LogP contribution in [-0.4, -0.2) is 81.8 Å². The second-order valence-electron chi connectivity index (χ2n) is 13.4. The van der Waals surface area contributed by atoms with E-state index in [-0.39, 0.29) is 13.2 Å². The van der Waals surface area contributed by atoms with Crippen LogP contribution in [0.3, 0.4) is 0 Å². The summed E-state index contributed by atoms with van der Waals surface area (Å²) in [6.07, 6.45) is -4.40. The van der Waals surface area contributed by atoms with E-state index in [9.17, 15) is 9.90 Å². The number of rotatable bonds is 15. The standard InChI is InChI=1S/C36H50O10Si/c1-23(2)47(24(3)4,25(5)6)42-22-30-33-34(46-36(38)45-33)31(37)35(43-30)44-32-28(41-20-27-15-11-8-12-16-27)17-18-40-29(32)21-39-19-26-13-9-7-10-14-26/h7-18,23-25,28-35,37H,19-22H2,1-6H3/t28-,29+,30+,31+,32-,33-,34+,35-/m0/s1. The molecule has 2 aromatic rings. The molecule has 2 fully saturated rings. The lowest BCUT2D eigenvalue weighted by molar-refractivity contribution is -0.312. The zero-order chi connectivity index (χ0) is 33.6. The topological polar surface area (TPSA) is 111 Å². The maximum atomic E-state index is 12.3. The first-order valence-corrected chi connectivity index (χ1v) is 18.8. The summed E-state index contributed by atoms with van der Waals surface area (Å²) in [6.45, 7) is 14.3. The van der Waals surface area contributed by atoms with Crippen LogP contribution in [0.5, 0.6) is 0 Å². The maximum absolute atomic E-state index is 12.3. The van der Waals surface area contributed by atoms with E-state index in [0.29, 0.717) is 29.8 Å². The molecule has 0 bridgehead atoms. The Kier molecular flexibility index (Phi) is 12.2. The number of ether oxygens (including phenoxy) is 7. The van der Waals surface area contributed by atoms with Gasteiger partial charge in [0.1, 0.15) is 24.4 Å². The molecule has 258 valence electrons. The van der Waals surface area contributed by atoms with E-state index >= 15 is 0 Å². The van der Waals surface area contributed by atoms with Gasteiger partial charge in [-0.3, -0.25) is 0 Å². The minimum atomic E-state index is -2.29. The van der Waals surface area contributed by atoms with Gasteiger partial charge in [-0.2, -0.15) is 0 Å². The van der Waals surface area contributed by atoms with Crippen molar-refractivity contribution >= 4 is 14.5 Å². The molecule has 11 heteroatoms. The average molecular weight is 671 g/mol. The quantitative estimate of drug-likeness (QED) is 0.172. The average Bonchev–Trinajstić information content (AvgIpc) is 3.45. The van der Waals surface area contributed by atoms with Gasteiger partial charge in [0.2, 0.25) is 0 Å². The van der Waals surface area contributed by atoms with E-state index < -0.39 is 63.5 Å². The van der Waals surface area contributed by atoms with E-state index in [1.165, 1.54) is 0 Å². The largest absolute Gasteiger partial charge is 0.509 e. The molecule has 0 radical (unpaired) electrons. The Hall–Kier alpha value is -2.77. The number of hydrogen-bond acceptors (Lipinski definition) is 10. The molecule has 0 unspecified atom stereocenters. The second-order valence-corrected chi connectivity index (χ2v) is 18.9. The molecule has 0 aromatic heterocycles. The van der Waals surface area contributed by atoms with Gasteiger partial charge in [0.15, 0.2) is 32.9 Å². The number of fused-ring (bicyclic) bond motifs is 1. The first kappa shape index (κ1) is 35.5. The van der Waals surface area contributed by atoms with E-state index in [2.05, 4.69) is 41.5 Å². The van der Waals surface area contributed by atoms with Gasteiger partial charge in [0, 0.05) is 0 Å². The molecular formula is C36H50O10Si. The van der Waals surface area contributed by atoms with Crippen LogP contribution >= 0.6 is 0 Å². The van der Waals surface area contributed by atoms with Crippen molar-refractivity contribution in [2.45, 2.75) is 120 Å². The Labute approximate surface area is 279 Å². The zero-order valence-electron chi connectivity index (χ0n) is 28.2. The summed E-state index contributed by atoms with van der Waals surface area (Å²) in [5, 5.41) is 11.4. The lowest BCUT2D eigenvalue weighted by Crippen LogP contribution is -2.61. The fraction of sp³-hybridized carbons (Fsp3) is 0.583. The van der Waals surface area contributed by atoms with Crippen LogP contribution in [0.1, 0.15) is 52.7 Å². The molecule has 5 rings (SSSR count). The maximum Gasteiger partial charge on any atom is 0.509 e. The molecule has 0 spiro atoms. The van der Waals surface area contributed by atoms with Gasteiger partial charge in [-0.15, -0.1) is 0 Å². The molecule has 3 aliphatic rings. The van der Waals surface area contributed by atoms with Crippen molar-refractivity contribution in [3.63, 3.8) is 0 Å². The zero-order valence-corrected chi connectivity index (χ0v) is 29.2. The van der Waals surface area contributed by atoms with E-state index in [1.54, 1.807) is 12.3 Å². The Morgan fingerprint density at radius 2 is 1.38 bits per heavy atom. The highest BCUT2D eigenvalue weighted by Gasteiger charge is 2.56. The number of carbonyl (C=O) groups excluding carboxylic acids is 1. The van der Waals surface area contributed by atoms with Crippen LogP contribution in [0.4, 0.5) is 4.79 Å². The van der Waals surface area contributed by atoms with Gasteiger partial charge >= 0.3 is 6.16 Å². The van der Waals surface area contributed by atoms with Gasteiger partial charge < -0.3 is 42.7 Å². The third-order valence-electron chi connectivity index (χ3n) is 9.47. The Bertz CT molecular complexity index is 1270. The molecule has 2 saturated heterocycles. The van der Waals surface area contributed by atoms with E-state index in [1.807, 2.05) is 60.7 Å². The highest BCUT2D eigenvalue weighted by Crippen LogP contribution is 2.43. The third kappa shape index (κ3) is 8.27. The third-order valence-corrected chi connectivity index (χ3v) is 15.5. The van der Waals surface area contributed by atoms with Crippen molar-refractivity contribution in [1.82, 2.24) is 0 Å². The van der Waals surface area contributed by atoms with Crippen molar-refractivity contribution < 1.29 is 47.5 Å². The normalized spacial score (nSPS) is 29.1. The summed E-state index contributed by atoms with van der Waals surface area (Å²) in [5.74, 6) is 0. The summed E-state index contributed by atoms with van der Waals surface area (Å²) < 4.78 is 49.2. The molecule has 0 saturated carbocycles. The predicted octanol–water partition coefficient (Wildman–Crippen LogP) is 6.27. The minimum absolute atomic E-state index is 0.170. The van der Waals surface area contributed by atoms with Crippen molar-refractivity contribution in [2.24, 2.45) is 0 Å². The monoisotopic (exact) mass is 670 g/mol. The second kappa shape index (κ2) is 16.1. The molecule has 3 heterocycles. The lowest BCUT2D eigenvalue weighted by atomic mass is 9.99. The van der Waals surface area contributed by atoms with Gasteiger partial charge in [-0.05, 0) is 33.8 Å². The number of carbonyl (C=O) groups is 1. The highest BCUT2D eigenvalue weighted by atomic mass is 28.4. The van der Waals surface area contributed by atoms with Crippen LogP contribution in [0, 0.1) is 0 Å². The Morgan fingerprint density at radius 1 is 0.787 bits per heavy atom. The van der Waals surface area contributed by atoms with Crippen LogP contribution in [0.2, 0.25) is 16.6 Å². The summed E-state index contributed by atoms with van der Waals surface area (Å²) >= 11 is 0. The lowest BCUT2D eigenvalue weighted by Gasteiger charge is -2.45. The molecule has 8 atom stereocenters. The van der Waals surface area contributed by atoms with Crippen molar-refractivity contribution in [2.75, 3.05) is 13.2 Å². The highest BCUT2D eigenvalue weighted by molar-refractivity contribution is 6.77. The number of benzene rings is 2. The summed E-state index contributed by atoms with van der Waals surface area (Å²) in [6, 6.07) is 19.7.